The van der Waals surface area contributed by atoms with E-state index < -0.39 is 0 Å². The molecule has 5 heteroatoms. The molecule has 0 atom stereocenters. The Bertz CT molecular complexity index is 352. The second kappa shape index (κ2) is 8.22. The summed E-state index contributed by atoms with van der Waals surface area (Å²) >= 11 is 0. The number of carbonyl (C=O) groups is 1. The third kappa shape index (κ3) is 5.98. The Labute approximate surface area is 108 Å². The Morgan fingerprint density at radius 1 is 1.28 bits per heavy atom. The summed E-state index contributed by atoms with van der Waals surface area (Å²) in [6.07, 6.45) is 1.67. The first-order valence-electron chi connectivity index (χ1n) is 6.22. The zero-order chi connectivity index (χ0) is 13.2. The first kappa shape index (κ1) is 14.2. The molecule has 0 bridgehead atoms. The van der Waals surface area contributed by atoms with Gasteiger partial charge >= 0.3 is 6.09 Å². The summed E-state index contributed by atoms with van der Waals surface area (Å²) in [4.78, 5) is 11.2. The number of carbonyl (C=O) groups excluding carboxylic acids is 1. The zero-order valence-corrected chi connectivity index (χ0v) is 10.7. The van der Waals surface area contributed by atoms with E-state index in [1.54, 1.807) is 0 Å². The largest absolute Gasteiger partial charge is 0.448 e. The molecule has 0 unspecified atom stereocenters. The third-order valence-electron chi connectivity index (χ3n) is 2.37. The van der Waals surface area contributed by atoms with E-state index in [1.807, 2.05) is 24.3 Å². The second-order valence-electron chi connectivity index (χ2n) is 3.97. The molecule has 1 aromatic carbocycles. The van der Waals surface area contributed by atoms with Crippen LogP contribution >= 0.6 is 0 Å². The van der Waals surface area contributed by atoms with Crippen LogP contribution in [0.3, 0.4) is 0 Å². The predicted molar refractivity (Wildman–Crippen MR) is 73.6 cm³/mol. The molecule has 0 radical (unpaired) electrons. The average Bonchev–Trinajstić information content (AvgIpc) is 2.37. The van der Waals surface area contributed by atoms with Crippen molar-refractivity contribution in [3.8, 4) is 0 Å². The lowest BCUT2D eigenvalue weighted by Crippen LogP contribution is -2.27. The molecule has 5 nitrogen and oxygen atoms in total. The van der Waals surface area contributed by atoms with Gasteiger partial charge in [0.25, 0.3) is 0 Å². The summed E-state index contributed by atoms with van der Waals surface area (Å²) in [6.45, 7) is 3.65. The summed E-state index contributed by atoms with van der Waals surface area (Å²) < 4.78 is 5.00. The number of nitrogens with one attached hydrogen (secondary N) is 2. The molecule has 100 valence electrons. The van der Waals surface area contributed by atoms with E-state index in [0.29, 0.717) is 19.7 Å². The van der Waals surface area contributed by atoms with Crippen molar-refractivity contribution in [2.45, 2.75) is 19.8 Å². The number of amides is 1. The number of unbranched alkanes of at least 4 members (excludes halogenated alkanes) is 1. The van der Waals surface area contributed by atoms with Crippen molar-refractivity contribution in [2.75, 3.05) is 30.7 Å². The van der Waals surface area contributed by atoms with Gasteiger partial charge in [0.05, 0.1) is 0 Å². The summed E-state index contributed by atoms with van der Waals surface area (Å²) in [7, 11) is 0. The summed E-state index contributed by atoms with van der Waals surface area (Å²) in [5, 5.41) is 5.82. The molecule has 0 spiro atoms. The van der Waals surface area contributed by atoms with Gasteiger partial charge in [-0.1, -0.05) is 13.3 Å². The molecule has 0 saturated carbocycles. The lowest BCUT2D eigenvalue weighted by molar-refractivity contribution is 0.150. The number of nitrogens with two attached hydrogens (primary N) is 1. The highest BCUT2D eigenvalue weighted by Crippen LogP contribution is 2.09. The van der Waals surface area contributed by atoms with Gasteiger partial charge in [0, 0.05) is 24.5 Å². The van der Waals surface area contributed by atoms with Crippen LogP contribution in [-0.2, 0) is 4.74 Å². The van der Waals surface area contributed by atoms with Crippen LogP contribution in [0.4, 0.5) is 16.2 Å². The van der Waals surface area contributed by atoms with E-state index in [2.05, 4.69) is 17.6 Å². The molecule has 0 fully saturated rings. The van der Waals surface area contributed by atoms with Crippen LogP contribution in [-0.4, -0.2) is 25.8 Å². The SMILES string of the molecule is CCCCNC(=O)OCCNc1ccc(N)cc1. The highest BCUT2D eigenvalue weighted by Gasteiger charge is 1.99. The van der Waals surface area contributed by atoms with Crippen molar-refractivity contribution in [3.63, 3.8) is 0 Å². The number of ether oxygens (including phenoxy) is 1. The van der Waals surface area contributed by atoms with E-state index in [9.17, 15) is 4.79 Å². The normalized spacial score (nSPS) is 9.83. The number of hydrogen-bond donors (Lipinski definition) is 3. The molecule has 1 rings (SSSR count). The molecule has 0 aromatic heterocycles. The van der Waals surface area contributed by atoms with Crippen molar-refractivity contribution >= 4 is 17.5 Å². The summed E-state index contributed by atoms with van der Waals surface area (Å²) in [5.41, 5.74) is 7.26. The van der Waals surface area contributed by atoms with E-state index in [-0.39, 0.29) is 6.09 Å². The minimum Gasteiger partial charge on any atom is -0.448 e. The summed E-state index contributed by atoms with van der Waals surface area (Å²) in [6, 6.07) is 7.41. The van der Waals surface area contributed by atoms with E-state index in [0.717, 1.165) is 24.2 Å². The van der Waals surface area contributed by atoms with Crippen LogP contribution in [0.1, 0.15) is 19.8 Å². The average molecular weight is 251 g/mol. The van der Waals surface area contributed by atoms with Crippen molar-refractivity contribution < 1.29 is 9.53 Å². The molecule has 18 heavy (non-hydrogen) atoms. The Balaban J connectivity index is 2.07. The fourth-order valence-electron chi connectivity index (χ4n) is 1.36. The predicted octanol–water partition coefficient (Wildman–Crippen LogP) is 2.21. The third-order valence-corrected chi connectivity index (χ3v) is 2.37. The van der Waals surface area contributed by atoms with Gasteiger partial charge in [0.15, 0.2) is 0 Å². The Kier molecular flexibility index (Phi) is 6.46. The van der Waals surface area contributed by atoms with Crippen molar-refractivity contribution in [2.24, 2.45) is 0 Å². The summed E-state index contributed by atoms with van der Waals surface area (Å²) in [5.74, 6) is 0. The van der Waals surface area contributed by atoms with Crippen LogP contribution in [0.15, 0.2) is 24.3 Å². The van der Waals surface area contributed by atoms with Gasteiger partial charge < -0.3 is 21.1 Å². The van der Waals surface area contributed by atoms with Crippen molar-refractivity contribution in [3.05, 3.63) is 24.3 Å². The van der Waals surface area contributed by atoms with Crippen molar-refractivity contribution in [1.29, 1.82) is 0 Å². The number of alkyl carbamates (subject to hydrolysis) is 1. The fraction of sp³-hybridized carbons (Fsp3) is 0.462. The number of hydrogen-bond acceptors (Lipinski definition) is 4. The molecule has 1 aromatic rings. The van der Waals surface area contributed by atoms with Gasteiger partial charge in [-0.15, -0.1) is 0 Å². The van der Waals surface area contributed by atoms with E-state index in [4.69, 9.17) is 10.5 Å². The van der Waals surface area contributed by atoms with Gasteiger partial charge in [-0.05, 0) is 30.7 Å². The van der Waals surface area contributed by atoms with Crippen molar-refractivity contribution in [1.82, 2.24) is 5.32 Å². The van der Waals surface area contributed by atoms with Crippen LogP contribution in [0.5, 0.6) is 0 Å². The van der Waals surface area contributed by atoms with Gasteiger partial charge in [0.1, 0.15) is 6.61 Å². The smallest absolute Gasteiger partial charge is 0.407 e. The fourth-order valence-corrected chi connectivity index (χ4v) is 1.36. The number of benzene rings is 1. The monoisotopic (exact) mass is 251 g/mol. The highest BCUT2D eigenvalue weighted by molar-refractivity contribution is 5.67. The molecule has 0 aliphatic carbocycles. The van der Waals surface area contributed by atoms with Gasteiger partial charge in [-0.25, -0.2) is 4.79 Å². The molecule has 0 aliphatic rings. The minimum absolute atomic E-state index is 0.336. The maximum atomic E-state index is 11.2. The first-order chi connectivity index (χ1) is 8.72. The molecule has 1 amide bonds. The molecular formula is C13H21N3O2. The van der Waals surface area contributed by atoms with Gasteiger partial charge in [-0.2, -0.15) is 0 Å². The van der Waals surface area contributed by atoms with Crippen LogP contribution in [0.25, 0.3) is 0 Å². The van der Waals surface area contributed by atoms with E-state index >= 15 is 0 Å². The van der Waals surface area contributed by atoms with Crippen LogP contribution < -0.4 is 16.4 Å². The van der Waals surface area contributed by atoms with Crippen LogP contribution in [0, 0.1) is 0 Å². The quantitative estimate of drug-likeness (QED) is 0.513. The van der Waals surface area contributed by atoms with Gasteiger partial charge in [0.2, 0.25) is 0 Å². The standard InChI is InChI=1S/C13H21N3O2/c1-2-3-8-16-13(17)18-10-9-15-12-6-4-11(14)5-7-12/h4-7,15H,2-3,8-10,14H2,1H3,(H,16,17). The lowest BCUT2D eigenvalue weighted by atomic mass is 10.3. The Morgan fingerprint density at radius 3 is 2.67 bits per heavy atom. The van der Waals surface area contributed by atoms with Gasteiger partial charge in [-0.3, -0.25) is 0 Å². The lowest BCUT2D eigenvalue weighted by Gasteiger charge is -2.08. The Morgan fingerprint density at radius 2 is 2.00 bits per heavy atom. The highest BCUT2D eigenvalue weighted by atomic mass is 16.5. The second-order valence-corrected chi connectivity index (χ2v) is 3.97. The molecule has 4 N–H and O–H groups in total. The molecule has 0 saturated heterocycles. The zero-order valence-electron chi connectivity index (χ0n) is 10.7. The number of rotatable bonds is 7. The first-order valence-corrected chi connectivity index (χ1v) is 6.22. The maximum Gasteiger partial charge on any atom is 0.407 e. The topological polar surface area (TPSA) is 76.4 Å². The molecular weight excluding hydrogens is 230 g/mol. The maximum absolute atomic E-state index is 11.2. The molecule has 0 heterocycles. The molecule has 0 aliphatic heterocycles. The number of anilines is 2. The van der Waals surface area contributed by atoms with Crippen LogP contribution in [0.2, 0.25) is 0 Å². The van der Waals surface area contributed by atoms with E-state index in [1.165, 1.54) is 0 Å². The minimum atomic E-state index is -0.359. The Hall–Kier alpha value is -1.91. The number of nitrogen functional groups attached to an aromatic ring is 1.